The summed E-state index contributed by atoms with van der Waals surface area (Å²) in [7, 11) is 0. The van der Waals surface area contributed by atoms with E-state index in [0.29, 0.717) is 6.54 Å². The second kappa shape index (κ2) is 5.75. The van der Waals surface area contributed by atoms with Gasteiger partial charge in [0, 0.05) is 22.0 Å². The predicted octanol–water partition coefficient (Wildman–Crippen LogP) is 4.88. The molecule has 0 amide bonds. The van der Waals surface area contributed by atoms with E-state index in [-0.39, 0.29) is 5.75 Å². The molecule has 0 aliphatic rings. The van der Waals surface area contributed by atoms with Crippen LogP contribution in [0.4, 0.5) is 18.9 Å². The van der Waals surface area contributed by atoms with Crippen LogP contribution < -0.4 is 10.1 Å². The lowest BCUT2D eigenvalue weighted by Crippen LogP contribution is -2.17. The molecule has 0 bridgehead atoms. The minimum atomic E-state index is -4.65. The number of ether oxygens (including phenoxy) is 1. The molecule has 0 fully saturated rings. The third-order valence-corrected chi connectivity index (χ3v) is 3.72. The Hall–Kier alpha value is -1.69. The molecular formula is C14H14F3NOS. The number of benzene rings is 1. The molecule has 1 N–H and O–H groups in total. The summed E-state index contributed by atoms with van der Waals surface area (Å²) >= 11 is 1.73. The highest BCUT2D eigenvalue weighted by molar-refractivity contribution is 7.12. The summed E-state index contributed by atoms with van der Waals surface area (Å²) in [5.74, 6) is -0.217. The van der Waals surface area contributed by atoms with Crippen molar-refractivity contribution < 1.29 is 17.9 Å². The Balaban J connectivity index is 1.96. The number of hydrogen-bond donors (Lipinski definition) is 1. The topological polar surface area (TPSA) is 21.3 Å². The number of aryl methyl sites for hydroxylation is 2. The fourth-order valence-corrected chi connectivity index (χ4v) is 2.78. The molecule has 20 heavy (non-hydrogen) atoms. The van der Waals surface area contributed by atoms with Crippen molar-refractivity contribution in [2.75, 3.05) is 5.32 Å². The van der Waals surface area contributed by atoms with Gasteiger partial charge in [-0.3, -0.25) is 0 Å². The van der Waals surface area contributed by atoms with Gasteiger partial charge in [-0.2, -0.15) is 0 Å². The Labute approximate surface area is 119 Å². The molecule has 0 aliphatic carbocycles. The average Bonchev–Trinajstić information content (AvgIpc) is 2.65. The Morgan fingerprint density at radius 3 is 2.30 bits per heavy atom. The fourth-order valence-electron chi connectivity index (χ4n) is 1.83. The maximum absolute atomic E-state index is 12.0. The molecule has 1 aromatic carbocycles. The van der Waals surface area contributed by atoms with Crippen LogP contribution in [0.25, 0.3) is 0 Å². The van der Waals surface area contributed by atoms with Gasteiger partial charge >= 0.3 is 6.36 Å². The van der Waals surface area contributed by atoms with Gasteiger partial charge in [-0.05, 0) is 49.7 Å². The van der Waals surface area contributed by atoms with Gasteiger partial charge in [-0.15, -0.1) is 24.5 Å². The van der Waals surface area contributed by atoms with E-state index in [9.17, 15) is 13.2 Å². The highest BCUT2D eigenvalue weighted by Gasteiger charge is 2.30. The van der Waals surface area contributed by atoms with Crippen LogP contribution in [0.2, 0.25) is 0 Å². The lowest BCUT2D eigenvalue weighted by atomic mass is 10.2. The van der Waals surface area contributed by atoms with Crippen molar-refractivity contribution in [3.63, 3.8) is 0 Å². The van der Waals surface area contributed by atoms with Crippen LogP contribution in [0.1, 0.15) is 15.3 Å². The van der Waals surface area contributed by atoms with E-state index in [1.807, 2.05) is 6.92 Å². The van der Waals surface area contributed by atoms with E-state index in [2.05, 4.69) is 23.0 Å². The van der Waals surface area contributed by atoms with Crippen molar-refractivity contribution >= 4 is 17.0 Å². The van der Waals surface area contributed by atoms with Gasteiger partial charge < -0.3 is 10.1 Å². The minimum Gasteiger partial charge on any atom is -0.406 e. The smallest absolute Gasteiger partial charge is 0.406 e. The molecular weight excluding hydrogens is 287 g/mol. The van der Waals surface area contributed by atoms with E-state index in [0.717, 1.165) is 5.69 Å². The predicted molar refractivity (Wildman–Crippen MR) is 74.2 cm³/mol. The molecule has 6 heteroatoms. The summed E-state index contributed by atoms with van der Waals surface area (Å²) in [6.45, 7) is 4.75. The number of rotatable bonds is 4. The summed E-state index contributed by atoms with van der Waals surface area (Å²) in [6, 6.07) is 7.82. The van der Waals surface area contributed by atoms with Gasteiger partial charge in [0.2, 0.25) is 0 Å². The van der Waals surface area contributed by atoms with Gasteiger partial charge in [-0.1, -0.05) is 0 Å². The van der Waals surface area contributed by atoms with E-state index < -0.39 is 6.36 Å². The first-order chi connectivity index (χ1) is 9.33. The summed E-state index contributed by atoms with van der Waals surface area (Å²) in [5, 5.41) is 3.18. The Morgan fingerprint density at radius 2 is 1.80 bits per heavy atom. The normalized spacial score (nSPS) is 11.4. The van der Waals surface area contributed by atoms with Crippen molar-refractivity contribution in [3.8, 4) is 5.75 Å². The molecule has 108 valence electrons. The van der Waals surface area contributed by atoms with E-state index in [1.54, 1.807) is 23.5 Å². The standard InChI is InChI=1S/C14H14F3NOS/c1-9-7-11(10(2)20-9)8-18-12-3-5-13(6-4-12)19-14(15,16)17/h3-7,18H,8H2,1-2H3. The van der Waals surface area contributed by atoms with Gasteiger partial charge in [0.05, 0.1) is 0 Å². The van der Waals surface area contributed by atoms with Crippen LogP contribution in [0, 0.1) is 13.8 Å². The Bertz CT molecular complexity index is 575. The molecule has 0 unspecified atom stereocenters. The highest BCUT2D eigenvalue weighted by atomic mass is 32.1. The lowest BCUT2D eigenvalue weighted by molar-refractivity contribution is -0.274. The zero-order chi connectivity index (χ0) is 14.8. The molecule has 1 heterocycles. The van der Waals surface area contributed by atoms with E-state index in [4.69, 9.17) is 0 Å². The summed E-state index contributed by atoms with van der Waals surface area (Å²) in [5.41, 5.74) is 1.95. The minimum absolute atomic E-state index is 0.217. The lowest BCUT2D eigenvalue weighted by Gasteiger charge is -2.10. The third-order valence-electron chi connectivity index (χ3n) is 2.71. The molecule has 1 aromatic heterocycles. The summed E-state index contributed by atoms with van der Waals surface area (Å²) in [6.07, 6.45) is -4.65. The van der Waals surface area contributed by atoms with Gasteiger partial charge in [-0.25, -0.2) is 0 Å². The fraction of sp³-hybridized carbons (Fsp3) is 0.286. The molecule has 0 saturated carbocycles. The molecule has 2 aromatic rings. The second-order valence-corrected chi connectivity index (χ2v) is 5.82. The zero-order valence-electron chi connectivity index (χ0n) is 11.0. The summed E-state index contributed by atoms with van der Waals surface area (Å²) < 4.78 is 39.9. The number of hydrogen-bond acceptors (Lipinski definition) is 3. The first-order valence-electron chi connectivity index (χ1n) is 5.99. The zero-order valence-corrected chi connectivity index (χ0v) is 11.9. The van der Waals surface area contributed by atoms with Crippen LogP contribution >= 0.6 is 11.3 Å². The van der Waals surface area contributed by atoms with Crippen LogP contribution in [-0.2, 0) is 6.54 Å². The number of halogens is 3. The molecule has 0 saturated heterocycles. The Kier molecular flexibility index (Phi) is 4.23. The third kappa shape index (κ3) is 4.16. The van der Waals surface area contributed by atoms with E-state index >= 15 is 0 Å². The number of alkyl halides is 3. The summed E-state index contributed by atoms with van der Waals surface area (Å²) in [4.78, 5) is 2.49. The van der Waals surface area contributed by atoms with Crippen molar-refractivity contribution in [1.82, 2.24) is 0 Å². The van der Waals surface area contributed by atoms with Crippen LogP contribution in [0.5, 0.6) is 5.75 Å². The van der Waals surface area contributed by atoms with Crippen LogP contribution in [-0.4, -0.2) is 6.36 Å². The van der Waals surface area contributed by atoms with Gasteiger partial charge in [0.25, 0.3) is 0 Å². The van der Waals surface area contributed by atoms with Gasteiger partial charge in [0.1, 0.15) is 5.75 Å². The van der Waals surface area contributed by atoms with Gasteiger partial charge in [0.15, 0.2) is 0 Å². The number of thiophene rings is 1. The molecule has 0 radical (unpaired) electrons. The first-order valence-corrected chi connectivity index (χ1v) is 6.81. The number of anilines is 1. The molecule has 2 nitrogen and oxygen atoms in total. The second-order valence-electron chi connectivity index (χ2n) is 4.36. The maximum atomic E-state index is 12.0. The van der Waals surface area contributed by atoms with E-state index in [1.165, 1.54) is 27.5 Å². The number of nitrogens with one attached hydrogen (secondary N) is 1. The maximum Gasteiger partial charge on any atom is 0.573 e. The van der Waals surface area contributed by atoms with Crippen LogP contribution in [0.3, 0.4) is 0 Å². The van der Waals surface area contributed by atoms with Crippen LogP contribution in [0.15, 0.2) is 30.3 Å². The average molecular weight is 301 g/mol. The van der Waals surface area contributed by atoms with Crippen molar-refractivity contribution in [2.24, 2.45) is 0 Å². The largest absolute Gasteiger partial charge is 0.573 e. The highest BCUT2D eigenvalue weighted by Crippen LogP contribution is 2.25. The quantitative estimate of drug-likeness (QED) is 0.869. The molecule has 0 spiro atoms. The van der Waals surface area contributed by atoms with Crippen molar-refractivity contribution in [1.29, 1.82) is 0 Å². The van der Waals surface area contributed by atoms with Crippen molar-refractivity contribution in [2.45, 2.75) is 26.8 Å². The Morgan fingerprint density at radius 1 is 1.15 bits per heavy atom. The first kappa shape index (κ1) is 14.7. The SMILES string of the molecule is Cc1cc(CNc2ccc(OC(F)(F)F)cc2)c(C)s1. The molecule has 0 aliphatic heterocycles. The van der Waals surface area contributed by atoms with Crippen molar-refractivity contribution in [3.05, 3.63) is 45.6 Å². The monoisotopic (exact) mass is 301 g/mol. The molecule has 2 rings (SSSR count). The molecule has 0 atom stereocenters.